The van der Waals surface area contributed by atoms with E-state index >= 15 is 0 Å². The summed E-state index contributed by atoms with van der Waals surface area (Å²) in [6, 6.07) is 0. The molecule has 0 aromatic carbocycles. The molecule has 0 radical (unpaired) electrons. The molecule has 0 aromatic heterocycles. The zero-order chi connectivity index (χ0) is 34.2. The van der Waals surface area contributed by atoms with E-state index in [2.05, 4.69) is 11.8 Å². The van der Waals surface area contributed by atoms with E-state index in [0.29, 0.717) is 47.7 Å². The average Bonchev–Trinajstić information content (AvgIpc) is 3.13. The maximum Gasteiger partial charge on any atom is 0.310 e. The van der Waals surface area contributed by atoms with E-state index in [1.165, 1.54) is 64.2 Å². The summed E-state index contributed by atoms with van der Waals surface area (Å²) in [5, 5.41) is 20.9. The van der Waals surface area contributed by atoms with Crippen LogP contribution in [-0.4, -0.2) is 57.4 Å². The lowest BCUT2D eigenvalue weighted by Gasteiger charge is -2.39. The van der Waals surface area contributed by atoms with Crippen molar-refractivity contribution in [2.45, 2.75) is 177 Å². The van der Waals surface area contributed by atoms with E-state index in [1.807, 2.05) is 0 Å². The van der Waals surface area contributed by atoms with Gasteiger partial charge in [-0.3, -0.25) is 14.4 Å². The van der Waals surface area contributed by atoms with Crippen LogP contribution >= 0.6 is 11.8 Å². The van der Waals surface area contributed by atoms with Gasteiger partial charge in [0, 0.05) is 10.5 Å². The number of carboxylic acid groups (broad SMARTS) is 2. The minimum absolute atomic E-state index is 0.0409. The molecule has 6 atom stereocenters. The lowest BCUT2D eigenvalue weighted by Crippen LogP contribution is -2.40. The van der Waals surface area contributed by atoms with Crippen molar-refractivity contribution < 1.29 is 39.1 Å². The number of ether oxygens (including phenoxy) is 1. The molecule has 0 aliphatic heterocycles. The first-order valence-corrected chi connectivity index (χ1v) is 21.4. The Hall–Kier alpha value is -1.32. The molecule has 0 saturated heterocycles. The number of esters is 1. The van der Waals surface area contributed by atoms with Gasteiger partial charge >= 0.3 is 17.9 Å². The molecular weight excluding hydrogens is 640 g/mol. The summed E-state index contributed by atoms with van der Waals surface area (Å²) in [6.45, 7) is 0.390. The fourth-order valence-corrected chi connectivity index (χ4v) is 12.6. The number of hydrogen-bond donors (Lipinski definition) is 2. The third-order valence-corrected chi connectivity index (χ3v) is 15.6. The predicted octanol–water partition coefficient (Wildman–Crippen LogP) is 9.23. The van der Waals surface area contributed by atoms with Crippen LogP contribution in [0.2, 0.25) is 0 Å². The summed E-state index contributed by atoms with van der Waals surface area (Å²) in [5.41, 5.74) is 0. The normalized spacial score (nSPS) is 38.4. The molecule has 278 valence electrons. The Morgan fingerprint density at radius 3 is 1.57 bits per heavy atom. The van der Waals surface area contributed by atoms with Gasteiger partial charge in [0.15, 0.2) is 0 Å². The number of thioether (sulfide) groups is 1. The Bertz CT molecular complexity index is 1060. The zero-order valence-corrected chi connectivity index (χ0v) is 30.7. The smallest absolute Gasteiger partial charge is 0.310 e. The summed E-state index contributed by atoms with van der Waals surface area (Å²) < 4.78 is 6.06. The zero-order valence-electron chi connectivity index (χ0n) is 29.9. The molecule has 6 fully saturated rings. The molecule has 8 nitrogen and oxygen atoms in total. The number of carbonyl (C=O) groups is 3. The van der Waals surface area contributed by atoms with Crippen molar-refractivity contribution in [1.82, 2.24) is 0 Å². The molecule has 0 heterocycles. The number of hydrogen-bond acceptors (Lipinski definition) is 7. The number of carbonyl (C=O) groups excluding carboxylic acids is 1. The van der Waals surface area contributed by atoms with Gasteiger partial charge in [0.1, 0.15) is 6.10 Å². The van der Waals surface area contributed by atoms with Crippen molar-refractivity contribution in [3.8, 4) is 0 Å². The fourth-order valence-electron chi connectivity index (χ4n) is 10.9. The van der Waals surface area contributed by atoms with Crippen LogP contribution in [0.3, 0.4) is 0 Å². The van der Waals surface area contributed by atoms with Crippen molar-refractivity contribution in [1.29, 1.82) is 0 Å². The van der Waals surface area contributed by atoms with Crippen LogP contribution in [0.1, 0.15) is 154 Å². The summed E-state index contributed by atoms with van der Waals surface area (Å²) in [7, 11) is 0. The maximum absolute atomic E-state index is 13.4. The molecule has 6 unspecified atom stereocenters. The quantitative estimate of drug-likeness (QED) is 0.116. The van der Waals surface area contributed by atoms with Crippen LogP contribution in [0.5, 0.6) is 0 Å². The highest BCUT2D eigenvalue weighted by atomic mass is 32.2. The minimum atomic E-state index is -0.838. The topological polar surface area (TPSA) is 119 Å². The van der Waals surface area contributed by atoms with Gasteiger partial charge in [-0.05, 0) is 119 Å². The van der Waals surface area contributed by atoms with Gasteiger partial charge in [0.25, 0.3) is 0 Å². The first kappa shape index (κ1) is 37.4. The van der Waals surface area contributed by atoms with E-state index in [0.717, 1.165) is 83.0 Å². The predicted molar refractivity (Wildman–Crippen MR) is 190 cm³/mol. The standard InChI is InChI=1S/C40H64O8S/c41-38(42)35-21-11-28(26-7-3-1-4-8-26)23-30(35)25-46-48-32-15-19-34(20-16-32)49-33-17-13-31(14-18-33)47-40(45)37-24-29(12-22-36(37)39(43)44)27-9-5-2-6-10-27/h26-37H,1-25H2,(H,41,42)(H,43,44). The first-order valence-electron chi connectivity index (χ1n) is 20.4. The highest BCUT2D eigenvalue weighted by Gasteiger charge is 2.43. The van der Waals surface area contributed by atoms with Crippen molar-refractivity contribution in [2.75, 3.05) is 6.61 Å². The molecule has 0 spiro atoms. The molecule has 6 saturated carbocycles. The lowest BCUT2D eigenvalue weighted by atomic mass is 9.67. The van der Waals surface area contributed by atoms with E-state index in [4.69, 9.17) is 14.5 Å². The number of aliphatic carboxylic acids is 2. The van der Waals surface area contributed by atoms with Gasteiger partial charge in [-0.1, -0.05) is 64.2 Å². The van der Waals surface area contributed by atoms with Crippen molar-refractivity contribution in [3.05, 3.63) is 0 Å². The van der Waals surface area contributed by atoms with E-state index < -0.39 is 23.8 Å². The van der Waals surface area contributed by atoms with Crippen molar-refractivity contribution in [2.24, 2.45) is 47.3 Å². The Labute approximate surface area is 298 Å². The first-order chi connectivity index (χ1) is 23.8. The largest absolute Gasteiger partial charge is 0.481 e. The number of rotatable bonds is 12. The second-order valence-electron chi connectivity index (χ2n) is 16.9. The second-order valence-corrected chi connectivity index (χ2v) is 18.6. The van der Waals surface area contributed by atoms with Crippen LogP contribution < -0.4 is 0 Å². The van der Waals surface area contributed by atoms with Crippen LogP contribution in [0.25, 0.3) is 0 Å². The van der Waals surface area contributed by atoms with Crippen molar-refractivity contribution >= 4 is 29.7 Å². The molecule has 9 heteroatoms. The highest BCUT2D eigenvalue weighted by Crippen LogP contribution is 2.45. The van der Waals surface area contributed by atoms with Crippen LogP contribution in [0.4, 0.5) is 0 Å². The summed E-state index contributed by atoms with van der Waals surface area (Å²) in [6.07, 6.45) is 25.8. The fraction of sp³-hybridized carbons (Fsp3) is 0.925. The van der Waals surface area contributed by atoms with Gasteiger partial charge in [-0.2, -0.15) is 11.8 Å². The molecule has 6 rings (SSSR count). The van der Waals surface area contributed by atoms with Gasteiger partial charge in [0.05, 0.1) is 30.5 Å². The second kappa shape index (κ2) is 18.4. The Balaban J connectivity index is 0.873. The molecular formula is C40H64O8S. The van der Waals surface area contributed by atoms with E-state index in [9.17, 15) is 24.6 Å². The average molecular weight is 705 g/mol. The summed E-state index contributed by atoms with van der Waals surface area (Å²) >= 11 is 2.10. The Morgan fingerprint density at radius 1 is 0.510 bits per heavy atom. The summed E-state index contributed by atoms with van der Waals surface area (Å²) in [4.78, 5) is 49.2. The molecule has 0 amide bonds. The monoisotopic (exact) mass is 704 g/mol. The van der Waals surface area contributed by atoms with E-state index in [-0.39, 0.29) is 30.0 Å². The molecule has 6 aliphatic rings. The Kier molecular flexibility index (Phi) is 14.1. The molecule has 0 aromatic rings. The molecule has 0 bridgehead atoms. The van der Waals surface area contributed by atoms with Gasteiger partial charge in [0.2, 0.25) is 0 Å². The minimum Gasteiger partial charge on any atom is -0.481 e. The van der Waals surface area contributed by atoms with Crippen LogP contribution in [-0.2, 0) is 28.9 Å². The van der Waals surface area contributed by atoms with Gasteiger partial charge in [-0.15, -0.1) is 0 Å². The number of carboxylic acids is 2. The third-order valence-electron chi connectivity index (χ3n) is 13.9. The summed E-state index contributed by atoms with van der Waals surface area (Å²) in [5.74, 6) is -0.635. The van der Waals surface area contributed by atoms with E-state index in [1.54, 1.807) is 0 Å². The van der Waals surface area contributed by atoms with Crippen LogP contribution in [0, 0.1) is 47.3 Å². The van der Waals surface area contributed by atoms with Gasteiger partial charge in [-0.25, -0.2) is 9.78 Å². The molecule has 6 aliphatic carbocycles. The molecule has 2 N–H and O–H groups in total. The third kappa shape index (κ3) is 10.4. The Morgan fingerprint density at radius 2 is 1.02 bits per heavy atom. The van der Waals surface area contributed by atoms with Gasteiger partial charge < -0.3 is 14.9 Å². The SMILES string of the molecule is O=C(O)C1CCC(C2CCCCC2)CC1COOC1CCC(SC2CCC(OC(=O)C3CC(C4CCCCC4)CCC3C(=O)O)CC2)CC1. The molecule has 49 heavy (non-hydrogen) atoms. The maximum atomic E-state index is 13.4. The van der Waals surface area contributed by atoms with Crippen LogP contribution in [0.15, 0.2) is 0 Å². The van der Waals surface area contributed by atoms with Crippen molar-refractivity contribution in [3.63, 3.8) is 0 Å². The lowest BCUT2D eigenvalue weighted by molar-refractivity contribution is -0.336. The highest BCUT2D eigenvalue weighted by molar-refractivity contribution is 8.00.